The molecule has 0 radical (unpaired) electrons. The molecule has 2 N–H and O–H groups in total. The van der Waals surface area contributed by atoms with Gasteiger partial charge in [0, 0.05) is 23.6 Å². The highest BCUT2D eigenvalue weighted by molar-refractivity contribution is 9.10. The van der Waals surface area contributed by atoms with Crippen molar-refractivity contribution in [2.24, 2.45) is 0 Å². The highest BCUT2D eigenvalue weighted by Crippen LogP contribution is 2.26. The molecule has 0 atom stereocenters. The van der Waals surface area contributed by atoms with Gasteiger partial charge in [0.25, 0.3) is 0 Å². The van der Waals surface area contributed by atoms with Gasteiger partial charge in [-0.3, -0.25) is 0 Å². The maximum Gasteiger partial charge on any atom is 0.245 e. The summed E-state index contributed by atoms with van der Waals surface area (Å²) in [6.07, 6.45) is 3.01. The summed E-state index contributed by atoms with van der Waals surface area (Å²) in [7, 11) is -2.13. The van der Waals surface area contributed by atoms with Crippen LogP contribution in [0.5, 0.6) is 0 Å². The minimum Gasteiger partial charge on any atom is -0.472 e. The Kier molecular flexibility index (Phi) is 3.98. The van der Waals surface area contributed by atoms with E-state index in [-0.39, 0.29) is 17.1 Å². The number of nitrogen functional groups attached to an aromatic ring is 1. The fourth-order valence-electron chi connectivity index (χ4n) is 1.62. The number of hydrogen-bond donors (Lipinski definition) is 1. The fourth-order valence-corrected chi connectivity index (χ4v) is 3.43. The summed E-state index contributed by atoms with van der Waals surface area (Å²) in [5, 5.41) is 0. The molecule has 5 nitrogen and oxygen atoms in total. The van der Waals surface area contributed by atoms with Gasteiger partial charge in [0.2, 0.25) is 10.0 Å². The first-order chi connectivity index (χ1) is 8.91. The number of furan rings is 1. The van der Waals surface area contributed by atoms with Gasteiger partial charge in [0.15, 0.2) is 0 Å². The SMILES string of the molecule is CN(Cc1ccoc1)S(=O)(=O)c1cc(Br)ccc1N. The van der Waals surface area contributed by atoms with Crippen molar-refractivity contribution in [2.45, 2.75) is 11.4 Å². The molecule has 1 heterocycles. The third-order valence-electron chi connectivity index (χ3n) is 2.65. The van der Waals surface area contributed by atoms with Crippen molar-refractivity contribution >= 4 is 31.6 Å². The highest BCUT2D eigenvalue weighted by Gasteiger charge is 2.23. The second-order valence-corrected chi connectivity index (χ2v) is 7.00. The van der Waals surface area contributed by atoms with Gasteiger partial charge in [-0.05, 0) is 24.3 Å². The lowest BCUT2D eigenvalue weighted by Gasteiger charge is -2.17. The second-order valence-electron chi connectivity index (χ2n) is 4.07. The number of benzene rings is 1. The van der Waals surface area contributed by atoms with Crippen LogP contribution in [0.15, 0.2) is 50.6 Å². The lowest BCUT2D eigenvalue weighted by atomic mass is 10.3. The van der Waals surface area contributed by atoms with E-state index < -0.39 is 10.0 Å². The van der Waals surface area contributed by atoms with Crippen molar-refractivity contribution in [3.05, 3.63) is 46.8 Å². The number of halogens is 1. The first-order valence-electron chi connectivity index (χ1n) is 5.43. The van der Waals surface area contributed by atoms with Gasteiger partial charge in [-0.1, -0.05) is 15.9 Å². The Morgan fingerprint density at radius 2 is 2.11 bits per heavy atom. The molecule has 0 saturated carbocycles. The Morgan fingerprint density at radius 3 is 2.74 bits per heavy atom. The largest absolute Gasteiger partial charge is 0.472 e. The van der Waals surface area contributed by atoms with Crippen molar-refractivity contribution in [3.8, 4) is 0 Å². The summed E-state index contributed by atoms with van der Waals surface area (Å²) in [5.41, 5.74) is 6.74. The van der Waals surface area contributed by atoms with E-state index in [2.05, 4.69) is 15.9 Å². The number of hydrogen-bond acceptors (Lipinski definition) is 4. The number of sulfonamides is 1. The van der Waals surface area contributed by atoms with E-state index in [9.17, 15) is 8.42 Å². The molecule has 0 fully saturated rings. The highest BCUT2D eigenvalue weighted by atomic mass is 79.9. The van der Waals surface area contributed by atoms with E-state index in [0.717, 1.165) is 5.56 Å². The van der Waals surface area contributed by atoms with Gasteiger partial charge in [-0.25, -0.2) is 8.42 Å². The Bertz CT molecular complexity index is 668. The predicted molar refractivity (Wildman–Crippen MR) is 75.9 cm³/mol. The van der Waals surface area contributed by atoms with Gasteiger partial charge in [0.1, 0.15) is 4.90 Å². The lowest BCUT2D eigenvalue weighted by molar-refractivity contribution is 0.463. The smallest absolute Gasteiger partial charge is 0.245 e. The normalized spacial score (nSPS) is 11.9. The second kappa shape index (κ2) is 5.36. The van der Waals surface area contributed by atoms with Crippen LogP contribution in [0.4, 0.5) is 5.69 Å². The Labute approximate surface area is 120 Å². The standard InChI is InChI=1S/C12H13BrN2O3S/c1-15(7-9-4-5-18-8-9)19(16,17)12-6-10(13)2-3-11(12)14/h2-6,8H,7,14H2,1H3. The molecule has 2 rings (SSSR count). The molecule has 2 aromatic rings. The molecule has 0 aliphatic heterocycles. The van der Waals surface area contributed by atoms with Crippen molar-refractivity contribution in [1.82, 2.24) is 4.31 Å². The first kappa shape index (κ1) is 14.1. The van der Waals surface area contributed by atoms with E-state index in [1.807, 2.05) is 0 Å². The fraction of sp³-hybridized carbons (Fsp3) is 0.167. The molecule has 0 saturated heterocycles. The first-order valence-corrected chi connectivity index (χ1v) is 7.67. The van der Waals surface area contributed by atoms with Crippen LogP contribution in [0.3, 0.4) is 0 Å². The lowest BCUT2D eigenvalue weighted by Crippen LogP contribution is -2.27. The summed E-state index contributed by atoms with van der Waals surface area (Å²) < 4.78 is 31.7. The van der Waals surface area contributed by atoms with Crippen molar-refractivity contribution in [3.63, 3.8) is 0 Å². The molecule has 0 bridgehead atoms. The van der Waals surface area contributed by atoms with Crippen molar-refractivity contribution in [2.75, 3.05) is 12.8 Å². The summed E-state index contributed by atoms with van der Waals surface area (Å²) in [4.78, 5) is 0.0906. The number of nitrogens with zero attached hydrogens (tertiary/aromatic N) is 1. The predicted octanol–water partition coefficient (Wildman–Crippen LogP) is 2.44. The molecule has 0 aliphatic carbocycles. The minimum atomic E-state index is -3.63. The topological polar surface area (TPSA) is 76.5 Å². The molecular formula is C12H13BrN2O3S. The molecule has 19 heavy (non-hydrogen) atoms. The molecule has 0 aliphatic rings. The van der Waals surface area contributed by atoms with Crippen LogP contribution in [-0.4, -0.2) is 19.8 Å². The maximum absolute atomic E-state index is 12.4. The summed E-state index contributed by atoms with van der Waals surface area (Å²) in [5.74, 6) is 0. The van der Waals surface area contributed by atoms with E-state index in [4.69, 9.17) is 10.2 Å². The maximum atomic E-state index is 12.4. The zero-order valence-electron chi connectivity index (χ0n) is 10.2. The van der Waals surface area contributed by atoms with Gasteiger partial charge >= 0.3 is 0 Å². The Balaban J connectivity index is 2.33. The Hall–Kier alpha value is -1.31. The third-order valence-corrected chi connectivity index (χ3v) is 5.00. The van der Waals surface area contributed by atoms with Crippen LogP contribution >= 0.6 is 15.9 Å². The van der Waals surface area contributed by atoms with Crippen LogP contribution in [0.2, 0.25) is 0 Å². The van der Waals surface area contributed by atoms with Gasteiger partial charge in [-0.15, -0.1) is 0 Å². The zero-order valence-corrected chi connectivity index (χ0v) is 12.6. The minimum absolute atomic E-state index is 0.0906. The van der Waals surface area contributed by atoms with E-state index in [0.29, 0.717) is 4.47 Å². The molecule has 1 aromatic heterocycles. The molecule has 0 unspecified atom stereocenters. The molecule has 1 aromatic carbocycles. The van der Waals surface area contributed by atoms with Crippen molar-refractivity contribution < 1.29 is 12.8 Å². The number of nitrogens with two attached hydrogens (primary N) is 1. The molecule has 0 amide bonds. The third kappa shape index (κ3) is 2.99. The van der Waals surface area contributed by atoms with Crippen LogP contribution in [0.1, 0.15) is 5.56 Å². The zero-order chi connectivity index (χ0) is 14.0. The van der Waals surface area contributed by atoms with Crippen LogP contribution in [0.25, 0.3) is 0 Å². The van der Waals surface area contributed by atoms with E-state index in [1.165, 1.54) is 29.9 Å². The molecule has 7 heteroatoms. The average molecular weight is 345 g/mol. The van der Waals surface area contributed by atoms with E-state index in [1.54, 1.807) is 18.2 Å². The van der Waals surface area contributed by atoms with Crippen molar-refractivity contribution in [1.29, 1.82) is 0 Å². The molecular weight excluding hydrogens is 332 g/mol. The molecule has 0 spiro atoms. The Morgan fingerprint density at radius 1 is 1.37 bits per heavy atom. The van der Waals surface area contributed by atoms with Gasteiger partial charge < -0.3 is 10.2 Å². The van der Waals surface area contributed by atoms with Crippen LogP contribution in [-0.2, 0) is 16.6 Å². The van der Waals surface area contributed by atoms with Crippen LogP contribution < -0.4 is 5.73 Å². The monoisotopic (exact) mass is 344 g/mol. The quantitative estimate of drug-likeness (QED) is 0.864. The van der Waals surface area contributed by atoms with Crippen LogP contribution in [0, 0.1) is 0 Å². The van der Waals surface area contributed by atoms with E-state index >= 15 is 0 Å². The summed E-state index contributed by atoms with van der Waals surface area (Å²) in [6, 6.07) is 6.47. The average Bonchev–Trinajstić information content (AvgIpc) is 2.85. The number of anilines is 1. The summed E-state index contributed by atoms with van der Waals surface area (Å²) in [6.45, 7) is 0.227. The van der Waals surface area contributed by atoms with Gasteiger partial charge in [-0.2, -0.15) is 4.31 Å². The molecule has 102 valence electrons. The summed E-state index contributed by atoms with van der Waals surface area (Å²) >= 11 is 3.25. The number of rotatable bonds is 4. The van der Waals surface area contributed by atoms with Gasteiger partial charge in [0.05, 0.1) is 18.2 Å².